The van der Waals surface area contributed by atoms with Crippen LogP contribution < -0.4 is 5.32 Å². The second kappa shape index (κ2) is 7.17. The number of benzene rings is 1. The Bertz CT molecular complexity index is 705. The minimum absolute atomic E-state index is 0.0232. The van der Waals surface area contributed by atoms with E-state index < -0.39 is 6.04 Å². The van der Waals surface area contributed by atoms with Crippen LogP contribution >= 0.6 is 0 Å². The van der Waals surface area contributed by atoms with Crippen LogP contribution in [0, 0.1) is 12.8 Å². The summed E-state index contributed by atoms with van der Waals surface area (Å²) in [6.45, 7) is 5.74. The van der Waals surface area contributed by atoms with Gasteiger partial charge in [0, 0.05) is 25.2 Å². The molecule has 1 aromatic rings. The van der Waals surface area contributed by atoms with Gasteiger partial charge in [-0.3, -0.25) is 4.79 Å². The number of urea groups is 1. The molecule has 1 atom stereocenters. The molecular weight excluding hydrogens is 338 g/mol. The van der Waals surface area contributed by atoms with Gasteiger partial charge in [-0.25, -0.2) is 4.79 Å². The summed E-state index contributed by atoms with van der Waals surface area (Å²) in [5, 5.41) is 3.32. The zero-order valence-electron chi connectivity index (χ0n) is 16.5. The summed E-state index contributed by atoms with van der Waals surface area (Å²) in [6.07, 6.45) is 7.24. The SMILES string of the molecule is Cc1ccc(CN2CCN(C(=O)NC3(C4CCCC4)CC3)[C@H](C)C2=O)cc1. The average molecular weight is 370 g/mol. The number of hydrogen-bond donors (Lipinski definition) is 1. The number of nitrogens with zero attached hydrogens (tertiary/aromatic N) is 2. The molecule has 0 bridgehead atoms. The number of carbonyl (C=O) groups is 2. The molecule has 5 nitrogen and oxygen atoms in total. The van der Waals surface area contributed by atoms with E-state index in [4.69, 9.17) is 0 Å². The third kappa shape index (κ3) is 3.69. The zero-order valence-corrected chi connectivity index (χ0v) is 16.5. The first-order chi connectivity index (χ1) is 13.0. The van der Waals surface area contributed by atoms with Crippen LogP contribution in [0.25, 0.3) is 0 Å². The lowest BCUT2D eigenvalue weighted by atomic mass is 9.95. The van der Waals surface area contributed by atoms with Gasteiger partial charge in [0.25, 0.3) is 0 Å². The Hall–Kier alpha value is -2.04. The van der Waals surface area contributed by atoms with Crippen molar-refractivity contribution >= 4 is 11.9 Å². The van der Waals surface area contributed by atoms with Crippen LogP contribution in [-0.4, -0.2) is 46.4 Å². The molecule has 1 heterocycles. The summed E-state index contributed by atoms with van der Waals surface area (Å²) in [5.41, 5.74) is 2.38. The van der Waals surface area contributed by atoms with Crippen molar-refractivity contribution in [3.63, 3.8) is 0 Å². The summed E-state index contributed by atoms with van der Waals surface area (Å²) >= 11 is 0. The highest BCUT2D eigenvalue weighted by molar-refractivity contribution is 5.88. The summed E-state index contributed by atoms with van der Waals surface area (Å²) in [4.78, 5) is 29.4. The average Bonchev–Trinajstić information content (AvgIpc) is 3.21. The molecule has 27 heavy (non-hydrogen) atoms. The monoisotopic (exact) mass is 369 g/mol. The fourth-order valence-corrected chi connectivity index (χ4v) is 4.81. The van der Waals surface area contributed by atoms with Crippen molar-refractivity contribution in [2.24, 2.45) is 5.92 Å². The minimum Gasteiger partial charge on any atom is -0.335 e. The Morgan fingerprint density at radius 2 is 1.81 bits per heavy atom. The molecule has 1 aliphatic heterocycles. The van der Waals surface area contributed by atoms with E-state index in [1.807, 2.05) is 11.8 Å². The molecular formula is C22H31N3O2. The van der Waals surface area contributed by atoms with Gasteiger partial charge in [-0.1, -0.05) is 42.7 Å². The van der Waals surface area contributed by atoms with Gasteiger partial charge >= 0.3 is 6.03 Å². The lowest BCUT2D eigenvalue weighted by Gasteiger charge is -2.40. The van der Waals surface area contributed by atoms with Gasteiger partial charge in [-0.05, 0) is 51.0 Å². The standard InChI is InChI=1S/C22H31N3O2/c1-16-7-9-18(10-8-16)15-24-13-14-25(17(2)20(24)26)21(27)23-22(11-12-22)19-5-3-4-6-19/h7-10,17,19H,3-6,11-15H2,1-2H3,(H,23,27)/t17-/m1/s1. The molecule has 4 rings (SSSR count). The van der Waals surface area contributed by atoms with Crippen molar-refractivity contribution in [2.75, 3.05) is 13.1 Å². The maximum absolute atomic E-state index is 12.9. The summed E-state index contributed by atoms with van der Waals surface area (Å²) < 4.78 is 0. The Morgan fingerprint density at radius 3 is 2.44 bits per heavy atom. The number of piperazine rings is 1. The molecule has 0 aromatic heterocycles. The fraction of sp³-hybridized carbons (Fsp3) is 0.636. The fourth-order valence-electron chi connectivity index (χ4n) is 4.81. The Balaban J connectivity index is 1.36. The number of hydrogen-bond acceptors (Lipinski definition) is 2. The summed E-state index contributed by atoms with van der Waals surface area (Å²) in [7, 11) is 0. The van der Waals surface area contributed by atoms with Gasteiger partial charge in [0.05, 0.1) is 0 Å². The molecule has 0 radical (unpaired) electrons. The maximum atomic E-state index is 12.9. The van der Waals surface area contributed by atoms with Crippen molar-refractivity contribution in [3.8, 4) is 0 Å². The molecule has 0 spiro atoms. The first kappa shape index (κ1) is 18.3. The smallest absolute Gasteiger partial charge is 0.318 e. The van der Waals surface area contributed by atoms with Crippen LogP contribution in [0.2, 0.25) is 0 Å². The van der Waals surface area contributed by atoms with Crippen LogP contribution in [0.5, 0.6) is 0 Å². The quantitative estimate of drug-likeness (QED) is 0.884. The van der Waals surface area contributed by atoms with Crippen molar-refractivity contribution in [1.82, 2.24) is 15.1 Å². The highest BCUT2D eigenvalue weighted by Crippen LogP contribution is 2.49. The Morgan fingerprint density at radius 1 is 1.15 bits per heavy atom. The number of nitrogens with one attached hydrogen (secondary N) is 1. The third-order valence-electron chi connectivity index (χ3n) is 6.78. The molecule has 3 aliphatic rings. The van der Waals surface area contributed by atoms with Crippen molar-refractivity contribution in [1.29, 1.82) is 0 Å². The molecule has 2 aliphatic carbocycles. The van der Waals surface area contributed by atoms with Gasteiger partial charge in [0.1, 0.15) is 6.04 Å². The van der Waals surface area contributed by atoms with Crippen molar-refractivity contribution in [2.45, 2.75) is 70.5 Å². The largest absolute Gasteiger partial charge is 0.335 e. The van der Waals surface area contributed by atoms with Crippen LogP contribution in [0.3, 0.4) is 0 Å². The highest BCUT2D eigenvalue weighted by Gasteiger charge is 2.52. The van der Waals surface area contributed by atoms with E-state index in [-0.39, 0.29) is 17.5 Å². The maximum Gasteiger partial charge on any atom is 0.318 e. The van der Waals surface area contributed by atoms with E-state index in [0.29, 0.717) is 25.6 Å². The topological polar surface area (TPSA) is 52.6 Å². The van der Waals surface area contributed by atoms with Gasteiger partial charge in [-0.2, -0.15) is 0 Å². The summed E-state index contributed by atoms with van der Waals surface area (Å²) in [6, 6.07) is 7.85. The third-order valence-corrected chi connectivity index (χ3v) is 6.78. The van der Waals surface area contributed by atoms with Crippen molar-refractivity contribution in [3.05, 3.63) is 35.4 Å². The first-order valence-corrected chi connectivity index (χ1v) is 10.4. The van der Waals surface area contributed by atoms with Crippen LogP contribution in [-0.2, 0) is 11.3 Å². The number of amides is 3. The lowest BCUT2D eigenvalue weighted by Crippen LogP contribution is -2.61. The molecule has 146 valence electrons. The normalized spacial score (nSPS) is 25.0. The van der Waals surface area contributed by atoms with E-state index in [0.717, 1.165) is 18.4 Å². The lowest BCUT2D eigenvalue weighted by molar-refractivity contribution is -0.140. The molecule has 1 N–H and O–H groups in total. The number of rotatable bonds is 4. The highest BCUT2D eigenvalue weighted by atomic mass is 16.2. The number of aryl methyl sites for hydroxylation is 1. The molecule has 1 aromatic carbocycles. The molecule has 3 fully saturated rings. The van der Waals surface area contributed by atoms with Crippen molar-refractivity contribution < 1.29 is 9.59 Å². The molecule has 3 amide bonds. The van der Waals surface area contributed by atoms with Gasteiger partial charge in [0.2, 0.25) is 5.91 Å². The zero-order chi connectivity index (χ0) is 19.0. The van der Waals surface area contributed by atoms with E-state index in [2.05, 4.69) is 36.5 Å². The Kier molecular flexibility index (Phi) is 4.87. The molecule has 0 unspecified atom stereocenters. The van der Waals surface area contributed by atoms with Crippen LogP contribution in [0.15, 0.2) is 24.3 Å². The minimum atomic E-state index is -0.399. The molecule has 5 heteroatoms. The Labute approximate surface area is 162 Å². The van der Waals surface area contributed by atoms with Gasteiger partial charge < -0.3 is 15.1 Å². The van der Waals surface area contributed by atoms with E-state index >= 15 is 0 Å². The summed E-state index contributed by atoms with van der Waals surface area (Å²) in [5.74, 6) is 0.679. The van der Waals surface area contributed by atoms with Gasteiger partial charge in [0.15, 0.2) is 0 Å². The first-order valence-electron chi connectivity index (χ1n) is 10.4. The van der Waals surface area contributed by atoms with Gasteiger partial charge in [-0.15, -0.1) is 0 Å². The van der Waals surface area contributed by atoms with E-state index in [1.54, 1.807) is 4.90 Å². The molecule has 1 saturated heterocycles. The predicted octanol–water partition coefficient (Wildman–Crippen LogP) is 3.46. The predicted molar refractivity (Wildman–Crippen MR) is 105 cm³/mol. The van der Waals surface area contributed by atoms with Crippen LogP contribution in [0.4, 0.5) is 4.79 Å². The number of carbonyl (C=O) groups excluding carboxylic acids is 2. The second-order valence-electron chi connectivity index (χ2n) is 8.68. The van der Waals surface area contributed by atoms with Crippen LogP contribution in [0.1, 0.15) is 56.6 Å². The second-order valence-corrected chi connectivity index (χ2v) is 8.68. The molecule has 2 saturated carbocycles. The van der Waals surface area contributed by atoms with E-state index in [9.17, 15) is 9.59 Å². The van der Waals surface area contributed by atoms with E-state index in [1.165, 1.54) is 31.2 Å².